The van der Waals surface area contributed by atoms with Crippen LogP contribution in [0.2, 0.25) is 0 Å². The third-order valence-corrected chi connectivity index (χ3v) is 3.09. The van der Waals surface area contributed by atoms with Crippen LogP contribution < -0.4 is 5.32 Å². The van der Waals surface area contributed by atoms with E-state index in [1.54, 1.807) is 0 Å². The van der Waals surface area contributed by atoms with Crippen molar-refractivity contribution in [2.24, 2.45) is 5.92 Å². The van der Waals surface area contributed by atoms with Gasteiger partial charge in [0.05, 0.1) is 18.1 Å². The molecule has 1 aromatic rings. The van der Waals surface area contributed by atoms with E-state index in [1.807, 2.05) is 6.07 Å². The van der Waals surface area contributed by atoms with Gasteiger partial charge in [0.25, 0.3) is 0 Å². The van der Waals surface area contributed by atoms with Crippen LogP contribution in [-0.4, -0.2) is 23.0 Å². The van der Waals surface area contributed by atoms with Crippen molar-refractivity contribution < 1.29 is 27.9 Å². The van der Waals surface area contributed by atoms with Crippen LogP contribution in [0.25, 0.3) is 0 Å². The number of alkyl halides is 3. The van der Waals surface area contributed by atoms with E-state index >= 15 is 0 Å². The van der Waals surface area contributed by atoms with Gasteiger partial charge in [-0.3, -0.25) is 4.79 Å². The second-order valence-electron chi connectivity index (χ2n) is 5.10. The molecule has 0 fully saturated rings. The molecule has 1 rings (SSSR count). The van der Waals surface area contributed by atoms with E-state index in [0.717, 1.165) is 24.3 Å². The summed E-state index contributed by atoms with van der Waals surface area (Å²) in [4.78, 5) is 22.8. The Morgan fingerprint density at radius 3 is 2.30 bits per heavy atom. The average molecular weight is 328 g/mol. The van der Waals surface area contributed by atoms with Gasteiger partial charge in [-0.05, 0) is 31.0 Å². The van der Waals surface area contributed by atoms with Gasteiger partial charge in [-0.1, -0.05) is 12.1 Å². The minimum absolute atomic E-state index is 0.0510. The maximum atomic E-state index is 12.4. The number of hydrogen-bond donors (Lipinski definition) is 2. The Morgan fingerprint density at radius 2 is 1.87 bits per heavy atom. The predicted molar refractivity (Wildman–Crippen MR) is 74.1 cm³/mol. The molecule has 1 aromatic carbocycles. The number of halogens is 3. The Kier molecular flexibility index (Phi) is 6.13. The molecule has 1 amide bonds. The van der Waals surface area contributed by atoms with Gasteiger partial charge in [0, 0.05) is 5.92 Å². The van der Waals surface area contributed by atoms with Crippen molar-refractivity contribution in [2.75, 3.05) is 0 Å². The van der Waals surface area contributed by atoms with Gasteiger partial charge >= 0.3 is 12.1 Å². The lowest BCUT2D eigenvalue weighted by atomic mass is 10.0. The Balaban J connectivity index is 2.68. The zero-order valence-electron chi connectivity index (χ0n) is 12.2. The van der Waals surface area contributed by atoms with Crippen LogP contribution in [0.5, 0.6) is 0 Å². The first kappa shape index (κ1) is 18.5. The van der Waals surface area contributed by atoms with Crippen LogP contribution in [-0.2, 0) is 22.2 Å². The number of carbonyl (C=O) groups is 2. The quantitative estimate of drug-likeness (QED) is 0.839. The standard InChI is InChI=1S/C15H15F3N2O3/c1-9(8-19)6-12(14(22)23)20-13(21)7-10-2-4-11(5-3-10)15(16,17)18/h2-5,9,12H,6-7H2,1H3,(H,20,21)(H,22,23)/t9-,12-/m0/s1. The molecule has 0 heterocycles. The van der Waals surface area contributed by atoms with E-state index in [2.05, 4.69) is 5.32 Å². The summed E-state index contributed by atoms with van der Waals surface area (Å²) >= 11 is 0. The van der Waals surface area contributed by atoms with E-state index in [4.69, 9.17) is 10.4 Å². The Labute approximate surface area is 130 Å². The molecule has 0 saturated carbocycles. The maximum Gasteiger partial charge on any atom is 0.416 e. The number of nitrogens with one attached hydrogen (secondary N) is 1. The number of nitriles is 1. The van der Waals surface area contributed by atoms with E-state index in [1.165, 1.54) is 6.92 Å². The summed E-state index contributed by atoms with van der Waals surface area (Å²) in [6.07, 6.45) is -4.75. The second-order valence-corrected chi connectivity index (χ2v) is 5.10. The van der Waals surface area contributed by atoms with E-state index in [0.29, 0.717) is 5.56 Å². The lowest BCUT2D eigenvalue weighted by molar-refractivity contribution is -0.142. The van der Waals surface area contributed by atoms with Gasteiger partial charge in [0.1, 0.15) is 6.04 Å². The Hall–Kier alpha value is -2.56. The van der Waals surface area contributed by atoms with Crippen LogP contribution >= 0.6 is 0 Å². The van der Waals surface area contributed by atoms with Gasteiger partial charge in [0.15, 0.2) is 0 Å². The van der Waals surface area contributed by atoms with Crippen molar-refractivity contribution in [2.45, 2.75) is 32.0 Å². The maximum absolute atomic E-state index is 12.4. The summed E-state index contributed by atoms with van der Waals surface area (Å²) in [5.41, 5.74) is -0.499. The molecule has 0 aliphatic carbocycles. The molecule has 2 atom stereocenters. The number of amides is 1. The molecule has 0 aliphatic heterocycles. The number of carboxylic acids is 1. The number of benzene rings is 1. The summed E-state index contributed by atoms with van der Waals surface area (Å²) in [6.45, 7) is 1.53. The first-order valence-corrected chi connectivity index (χ1v) is 6.71. The molecular formula is C15H15F3N2O3. The van der Waals surface area contributed by atoms with Crippen LogP contribution in [0.3, 0.4) is 0 Å². The highest BCUT2D eigenvalue weighted by molar-refractivity contribution is 5.84. The summed E-state index contributed by atoms with van der Waals surface area (Å²) in [6, 6.07) is 4.69. The summed E-state index contributed by atoms with van der Waals surface area (Å²) in [7, 11) is 0. The fraction of sp³-hybridized carbons (Fsp3) is 0.400. The van der Waals surface area contributed by atoms with Gasteiger partial charge in [0.2, 0.25) is 5.91 Å². The molecule has 5 nitrogen and oxygen atoms in total. The highest BCUT2D eigenvalue weighted by atomic mass is 19.4. The van der Waals surface area contributed by atoms with Crippen molar-refractivity contribution in [1.29, 1.82) is 5.26 Å². The second kappa shape index (κ2) is 7.63. The molecule has 0 aromatic heterocycles. The molecule has 0 spiro atoms. The topological polar surface area (TPSA) is 90.2 Å². The van der Waals surface area contributed by atoms with E-state index in [9.17, 15) is 22.8 Å². The fourth-order valence-corrected chi connectivity index (χ4v) is 1.87. The minimum Gasteiger partial charge on any atom is -0.480 e. The SMILES string of the molecule is C[C@H](C#N)C[C@H](NC(=O)Cc1ccc(C(F)(F)F)cc1)C(=O)O. The number of carbonyl (C=O) groups excluding carboxylic acids is 1. The first-order valence-electron chi connectivity index (χ1n) is 6.71. The highest BCUT2D eigenvalue weighted by Crippen LogP contribution is 2.29. The van der Waals surface area contributed by atoms with Gasteiger partial charge in [-0.25, -0.2) is 4.79 Å². The number of hydrogen-bond acceptors (Lipinski definition) is 3. The summed E-state index contributed by atoms with van der Waals surface area (Å²) in [5.74, 6) is -2.46. The summed E-state index contributed by atoms with van der Waals surface area (Å²) in [5, 5.41) is 20.0. The minimum atomic E-state index is -4.46. The van der Waals surface area contributed by atoms with Crippen molar-refractivity contribution in [3.05, 3.63) is 35.4 Å². The molecule has 0 bridgehead atoms. The summed E-state index contributed by atoms with van der Waals surface area (Å²) < 4.78 is 37.3. The normalized spacial score (nSPS) is 13.7. The van der Waals surface area contributed by atoms with Crippen LogP contribution in [0, 0.1) is 17.2 Å². The van der Waals surface area contributed by atoms with E-state index in [-0.39, 0.29) is 12.8 Å². The largest absolute Gasteiger partial charge is 0.480 e. The Bertz CT molecular complexity index is 606. The number of aliphatic carboxylic acids is 1. The molecule has 0 radical (unpaired) electrons. The highest BCUT2D eigenvalue weighted by Gasteiger charge is 2.30. The molecule has 0 saturated heterocycles. The molecule has 0 unspecified atom stereocenters. The lowest BCUT2D eigenvalue weighted by Crippen LogP contribution is -2.42. The van der Waals surface area contributed by atoms with Crippen LogP contribution in [0.15, 0.2) is 24.3 Å². The average Bonchev–Trinajstić information content (AvgIpc) is 2.45. The number of rotatable bonds is 6. The number of carboxylic acid groups (broad SMARTS) is 1. The molecule has 2 N–H and O–H groups in total. The number of nitrogens with zero attached hydrogens (tertiary/aromatic N) is 1. The van der Waals surface area contributed by atoms with E-state index < -0.39 is 35.6 Å². The third kappa shape index (κ3) is 5.98. The molecular weight excluding hydrogens is 313 g/mol. The van der Waals surface area contributed by atoms with Crippen molar-refractivity contribution in [1.82, 2.24) is 5.32 Å². The van der Waals surface area contributed by atoms with Gasteiger partial charge in [-0.2, -0.15) is 18.4 Å². The van der Waals surface area contributed by atoms with Crippen molar-refractivity contribution >= 4 is 11.9 Å². The molecule has 124 valence electrons. The lowest BCUT2D eigenvalue weighted by Gasteiger charge is -2.15. The first-order chi connectivity index (χ1) is 10.6. The predicted octanol–water partition coefficient (Wildman–Crippen LogP) is 2.37. The zero-order valence-corrected chi connectivity index (χ0v) is 12.2. The van der Waals surface area contributed by atoms with Gasteiger partial charge in [-0.15, -0.1) is 0 Å². The molecule has 8 heteroatoms. The monoisotopic (exact) mass is 328 g/mol. The van der Waals surface area contributed by atoms with Crippen molar-refractivity contribution in [3.8, 4) is 6.07 Å². The van der Waals surface area contributed by atoms with Crippen LogP contribution in [0.4, 0.5) is 13.2 Å². The Morgan fingerprint density at radius 1 is 1.30 bits per heavy atom. The fourth-order valence-electron chi connectivity index (χ4n) is 1.87. The van der Waals surface area contributed by atoms with Crippen LogP contribution in [0.1, 0.15) is 24.5 Å². The zero-order chi connectivity index (χ0) is 17.6. The smallest absolute Gasteiger partial charge is 0.416 e. The molecule has 0 aliphatic rings. The van der Waals surface area contributed by atoms with Gasteiger partial charge < -0.3 is 10.4 Å². The molecule has 23 heavy (non-hydrogen) atoms. The van der Waals surface area contributed by atoms with Crippen molar-refractivity contribution in [3.63, 3.8) is 0 Å². The third-order valence-electron chi connectivity index (χ3n) is 3.09.